The highest BCUT2D eigenvalue weighted by Gasteiger charge is 2.18. The fourth-order valence-electron chi connectivity index (χ4n) is 2.32. The predicted octanol–water partition coefficient (Wildman–Crippen LogP) is 5.59. The number of rotatable bonds is 4. The molecule has 3 rings (SSSR count). The first kappa shape index (κ1) is 18.3. The number of benzene rings is 2. The second-order valence-corrected chi connectivity index (χ2v) is 7.36. The molecule has 0 spiro atoms. The van der Waals surface area contributed by atoms with E-state index in [-0.39, 0.29) is 16.3 Å². The Morgan fingerprint density at radius 2 is 2.00 bits per heavy atom. The van der Waals surface area contributed by atoms with Crippen molar-refractivity contribution in [1.82, 2.24) is 4.98 Å². The van der Waals surface area contributed by atoms with Crippen molar-refractivity contribution >= 4 is 51.3 Å². The summed E-state index contributed by atoms with van der Waals surface area (Å²) in [6.07, 6.45) is 0. The number of halogens is 2. The largest absolute Gasteiger partial charge is 0.298 e. The van der Waals surface area contributed by atoms with Gasteiger partial charge in [-0.2, -0.15) is 0 Å². The lowest BCUT2D eigenvalue weighted by molar-refractivity contribution is -0.384. The van der Waals surface area contributed by atoms with Gasteiger partial charge in [-0.3, -0.25) is 20.2 Å². The molecule has 0 bridgehead atoms. The summed E-state index contributed by atoms with van der Waals surface area (Å²) in [5.41, 5.74) is 1.34. The van der Waals surface area contributed by atoms with Crippen LogP contribution in [0.1, 0.15) is 15.2 Å². The van der Waals surface area contributed by atoms with Crippen LogP contribution in [0.3, 0.4) is 0 Å². The summed E-state index contributed by atoms with van der Waals surface area (Å²) in [5, 5.41) is 14.6. The molecular weight excluding hydrogens is 397 g/mol. The molecule has 0 fully saturated rings. The zero-order valence-corrected chi connectivity index (χ0v) is 15.7. The van der Waals surface area contributed by atoms with E-state index in [1.165, 1.54) is 23.5 Å². The fourth-order valence-corrected chi connectivity index (χ4v) is 3.54. The highest BCUT2D eigenvalue weighted by Crippen LogP contribution is 2.32. The molecule has 3 aromatic rings. The Kier molecular flexibility index (Phi) is 5.22. The van der Waals surface area contributed by atoms with Crippen molar-refractivity contribution in [3.05, 3.63) is 73.1 Å². The summed E-state index contributed by atoms with van der Waals surface area (Å²) in [5.74, 6) is -0.565. The van der Waals surface area contributed by atoms with E-state index >= 15 is 0 Å². The summed E-state index contributed by atoms with van der Waals surface area (Å²) >= 11 is 13.3. The van der Waals surface area contributed by atoms with Crippen molar-refractivity contribution in [3.8, 4) is 11.3 Å². The van der Waals surface area contributed by atoms with E-state index in [0.717, 1.165) is 16.5 Å². The smallest absolute Gasteiger partial charge is 0.270 e. The number of nitrogens with zero attached hydrogens (tertiary/aromatic N) is 2. The number of hydrogen-bond donors (Lipinski definition) is 1. The quantitative estimate of drug-likeness (QED) is 0.451. The van der Waals surface area contributed by atoms with Gasteiger partial charge in [0, 0.05) is 27.6 Å². The molecule has 2 aromatic carbocycles. The third-order valence-electron chi connectivity index (χ3n) is 3.52. The van der Waals surface area contributed by atoms with Crippen LogP contribution < -0.4 is 5.32 Å². The van der Waals surface area contributed by atoms with Gasteiger partial charge < -0.3 is 0 Å². The standard InChI is InChI=1S/C17H11Cl2N3O3S/c1-9-15(10-3-2-4-11(18)7-10)20-17(26-9)21-16(23)13-8-12(22(24)25)5-6-14(13)19/h2-8H,1H3,(H,20,21,23). The molecule has 0 aliphatic carbocycles. The Balaban J connectivity index is 1.88. The van der Waals surface area contributed by atoms with E-state index in [9.17, 15) is 14.9 Å². The second kappa shape index (κ2) is 7.41. The van der Waals surface area contributed by atoms with Crippen molar-refractivity contribution < 1.29 is 9.72 Å². The van der Waals surface area contributed by atoms with Gasteiger partial charge in [-0.25, -0.2) is 4.98 Å². The molecule has 1 aromatic heterocycles. The summed E-state index contributed by atoms with van der Waals surface area (Å²) in [7, 11) is 0. The Morgan fingerprint density at radius 3 is 2.69 bits per heavy atom. The van der Waals surface area contributed by atoms with Crippen molar-refractivity contribution in [2.75, 3.05) is 5.32 Å². The molecule has 0 saturated heterocycles. The van der Waals surface area contributed by atoms with E-state index in [4.69, 9.17) is 23.2 Å². The molecule has 0 aliphatic heterocycles. The lowest BCUT2D eigenvalue weighted by atomic mass is 10.1. The van der Waals surface area contributed by atoms with Crippen LogP contribution in [0.5, 0.6) is 0 Å². The Hall–Kier alpha value is -2.48. The second-order valence-electron chi connectivity index (χ2n) is 5.31. The van der Waals surface area contributed by atoms with Crippen LogP contribution in [0.25, 0.3) is 11.3 Å². The fraction of sp³-hybridized carbons (Fsp3) is 0.0588. The molecule has 0 radical (unpaired) electrons. The number of non-ortho nitro benzene ring substituents is 1. The van der Waals surface area contributed by atoms with Crippen molar-refractivity contribution in [3.63, 3.8) is 0 Å². The van der Waals surface area contributed by atoms with E-state index in [2.05, 4.69) is 10.3 Å². The first-order valence-electron chi connectivity index (χ1n) is 7.34. The minimum Gasteiger partial charge on any atom is -0.298 e. The van der Waals surface area contributed by atoms with E-state index in [0.29, 0.717) is 15.8 Å². The van der Waals surface area contributed by atoms with Crippen LogP contribution in [0.4, 0.5) is 10.8 Å². The summed E-state index contributed by atoms with van der Waals surface area (Å²) in [4.78, 5) is 28.1. The maximum absolute atomic E-state index is 12.4. The number of aryl methyl sites for hydroxylation is 1. The van der Waals surface area contributed by atoms with Gasteiger partial charge in [0.05, 0.1) is 21.2 Å². The topological polar surface area (TPSA) is 85.1 Å². The van der Waals surface area contributed by atoms with Crippen molar-refractivity contribution in [2.24, 2.45) is 0 Å². The summed E-state index contributed by atoms with van der Waals surface area (Å²) in [6, 6.07) is 10.9. The van der Waals surface area contributed by atoms with Crippen LogP contribution in [0.2, 0.25) is 10.0 Å². The van der Waals surface area contributed by atoms with Gasteiger partial charge in [-0.05, 0) is 25.1 Å². The van der Waals surface area contributed by atoms with E-state index in [1.54, 1.807) is 12.1 Å². The number of nitro benzene ring substituents is 1. The molecule has 0 unspecified atom stereocenters. The predicted molar refractivity (Wildman–Crippen MR) is 103 cm³/mol. The maximum Gasteiger partial charge on any atom is 0.270 e. The lowest BCUT2D eigenvalue weighted by Gasteiger charge is -2.04. The Bertz CT molecular complexity index is 1020. The van der Waals surface area contributed by atoms with E-state index in [1.807, 2.05) is 19.1 Å². The number of hydrogen-bond acceptors (Lipinski definition) is 5. The van der Waals surface area contributed by atoms with Crippen molar-refractivity contribution in [2.45, 2.75) is 6.92 Å². The summed E-state index contributed by atoms with van der Waals surface area (Å²) in [6.45, 7) is 1.88. The molecule has 9 heteroatoms. The molecule has 0 saturated carbocycles. The zero-order chi connectivity index (χ0) is 18.8. The summed E-state index contributed by atoms with van der Waals surface area (Å²) < 4.78 is 0. The zero-order valence-electron chi connectivity index (χ0n) is 13.3. The lowest BCUT2D eigenvalue weighted by Crippen LogP contribution is -2.12. The minimum atomic E-state index is -0.585. The third kappa shape index (κ3) is 3.85. The first-order valence-corrected chi connectivity index (χ1v) is 8.91. The highest BCUT2D eigenvalue weighted by molar-refractivity contribution is 7.16. The molecular formula is C17H11Cl2N3O3S. The number of carbonyl (C=O) groups is 1. The number of nitrogens with one attached hydrogen (secondary N) is 1. The number of carbonyl (C=O) groups excluding carboxylic acids is 1. The molecule has 1 heterocycles. The molecule has 0 atom stereocenters. The third-order valence-corrected chi connectivity index (χ3v) is 4.97. The highest BCUT2D eigenvalue weighted by atomic mass is 35.5. The molecule has 1 amide bonds. The average Bonchev–Trinajstić information content (AvgIpc) is 2.95. The van der Waals surface area contributed by atoms with Gasteiger partial charge >= 0.3 is 0 Å². The maximum atomic E-state index is 12.4. The molecule has 0 aliphatic rings. The van der Waals surface area contributed by atoms with Gasteiger partial charge in [0.2, 0.25) is 0 Å². The number of aromatic nitrogens is 1. The van der Waals surface area contributed by atoms with Gasteiger partial charge in [0.25, 0.3) is 11.6 Å². The molecule has 26 heavy (non-hydrogen) atoms. The van der Waals surface area contributed by atoms with Crippen LogP contribution in [-0.2, 0) is 0 Å². The van der Waals surface area contributed by atoms with Crippen LogP contribution >= 0.6 is 34.5 Å². The number of thiazole rings is 1. The number of nitro groups is 1. The average molecular weight is 408 g/mol. The number of anilines is 1. The molecule has 6 nitrogen and oxygen atoms in total. The van der Waals surface area contributed by atoms with Crippen LogP contribution in [0.15, 0.2) is 42.5 Å². The Morgan fingerprint density at radius 1 is 1.23 bits per heavy atom. The minimum absolute atomic E-state index is 0.0121. The normalized spacial score (nSPS) is 10.6. The van der Waals surface area contributed by atoms with Crippen molar-refractivity contribution in [1.29, 1.82) is 0 Å². The van der Waals surface area contributed by atoms with Gasteiger partial charge in [-0.1, -0.05) is 35.3 Å². The monoisotopic (exact) mass is 407 g/mol. The Labute approximate surface area is 162 Å². The van der Waals surface area contributed by atoms with E-state index < -0.39 is 10.8 Å². The molecule has 1 N–H and O–H groups in total. The van der Waals surface area contributed by atoms with Crippen LogP contribution in [-0.4, -0.2) is 15.8 Å². The number of amides is 1. The molecule has 132 valence electrons. The van der Waals surface area contributed by atoms with Gasteiger partial charge in [-0.15, -0.1) is 11.3 Å². The van der Waals surface area contributed by atoms with Crippen LogP contribution in [0, 0.1) is 17.0 Å². The first-order chi connectivity index (χ1) is 12.3. The van der Waals surface area contributed by atoms with Gasteiger partial charge in [0.1, 0.15) is 0 Å². The van der Waals surface area contributed by atoms with Gasteiger partial charge in [0.15, 0.2) is 5.13 Å². The SMILES string of the molecule is Cc1sc(NC(=O)c2cc([N+](=O)[O-])ccc2Cl)nc1-c1cccc(Cl)c1.